The smallest absolute Gasteiger partial charge is 0.337 e. The number of aliphatic hydroxyl groups is 1. The average molecular weight is 298 g/mol. The topological polar surface area (TPSA) is 90.7 Å². The summed E-state index contributed by atoms with van der Waals surface area (Å²) in [5, 5.41) is 20.0. The van der Waals surface area contributed by atoms with E-state index < -0.39 is 11.6 Å². The van der Waals surface area contributed by atoms with Gasteiger partial charge in [0.1, 0.15) is 4.88 Å². The number of hydrogen-bond acceptors (Lipinski definition) is 5. The van der Waals surface area contributed by atoms with Crippen molar-refractivity contribution in [3.63, 3.8) is 0 Å². The van der Waals surface area contributed by atoms with Crippen LogP contribution in [0.25, 0.3) is 0 Å². The van der Waals surface area contributed by atoms with Crippen molar-refractivity contribution >= 4 is 23.2 Å². The molecule has 7 heteroatoms. The van der Waals surface area contributed by atoms with Gasteiger partial charge in [0.25, 0.3) is 5.91 Å². The monoisotopic (exact) mass is 298 g/mol. The fraction of sp³-hybridized carbons (Fsp3) is 0.615. The molecule has 1 amide bonds. The highest BCUT2D eigenvalue weighted by Gasteiger charge is 2.42. The Morgan fingerprint density at radius 1 is 1.50 bits per heavy atom. The molecule has 20 heavy (non-hydrogen) atoms. The molecule has 0 spiro atoms. The number of aromatic nitrogens is 1. The standard InChI is InChI=1S/C13H18N2O4S/c1-3-9-14-8(2)10(20-9)11(16)15-6-4-5-13(19,7-15)12(17)18/h19H,3-7H2,1-2H3,(H,17,18). The van der Waals surface area contributed by atoms with Gasteiger partial charge in [-0.3, -0.25) is 4.79 Å². The lowest BCUT2D eigenvalue weighted by Crippen LogP contribution is -2.54. The molecule has 0 saturated carbocycles. The Hall–Kier alpha value is -1.47. The Balaban J connectivity index is 2.20. The lowest BCUT2D eigenvalue weighted by atomic mass is 9.93. The minimum Gasteiger partial charge on any atom is -0.479 e. The van der Waals surface area contributed by atoms with Crippen LogP contribution in [0.1, 0.15) is 40.1 Å². The van der Waals surface area contributed by atoms with Crippen molar-refractivity contribution in [2.24, 2.45) is 0 Å². The second-order valence-electron chi connectivity index (χ2n) is 5.04. The van der Waals surface area contributed by atoms with E-state index in [2.05, 4.69) is 4.98 Å². The van der Waals surface area contributed by atoms with Crippen LogP contribution in [0.2, 0.25) is 0 Å². The first-order valence-corrected chi connectivity index (χ1v) is 7.40. The zero-order valence-corrected chi connectivity index (χ0v) is 12.4. The van der Waals surface area contributed by atoms with Gasteiger partial charge in [0.05, 0.1) is 17.2 Å². The maximum absolute atomic E-state index is 12.5. The molecule has 1 aliphatic heterocycles. The van der Waals surface area contributed by atoms with Gasteiger partial charge in [0, 0.05) is 6.54 Å². The van der Waals surface area contributed by atoms with E-state index in [9.17, 15) is 14.7 Å². The van der Waals surface area contributed by atoms with Gasteiger partial charge in [-0.15, -0.1) is 11.3 Å². The van der Waals surface area contributed by atoms with Crippen molar-refractivity contribution in [2.75, 3.05) is 13.1 Å². The third-order valence-electron chi connectivity index (χ3n) is 3.49. The highest BCUT2D eigenvalue weighted by molar-refractivity contribution is 7.13. The van der Waals surface area contributed by atoms with E-state index in [-0.39, 0.29) is 18.9 Å². The first kappa shape index (κ1) is 14.9. The number of amides is 1. The van der Waals surface area contributed by atoms with E-state index in [1.54, 1.807) is 6.92 Å². The summed E-state index contributed by atoms with van der Waals surface area (Å²) in [5.74, 6) is -1.51. The fourth-order valence-electron chi connectivity index (χ4n) is 2.33. The molecule has 0 aromatic carbocycles. The summed E-state index contributed by atoms with van der Waals surface area (Å²) in [5.41, 5.74) is -1.17. The number of carbonyl (C=O) groups excluding carboxylic acids is 1. The molecule has 1 aliphatic rings. The molecule has 1 unspecified atom stereocenters. The van der Waals surface area contributed by atoms with Crippen molar-refractivity contribution in [1.29, 1.82) is 0 Å². The van der Waals surface area contributed by atoms with Crippen LogP contribution in [0.15, 0.2) is 0 Å². The zero-order chi connectivity index (χ0) is 14.9. The predicted molar refractivity (Wildman–Crippen MR) is 74.0 cm³/mol. The van der Waals surface area contributed by atoms with Gasteiger partial charge in [-0.2, -0.15) is 0 Å². The quantitative estimate of drug-likeness (QED) is 0.871. The highest BCUT2D eigenvalue weighted by atomic mass is 32.1. The van der Waals surface area contributed by atoms with Crippen molar-refractivity contribution in [3.8, 4) is 0 Å². The molecule has 1 saturated heterocycles. The number of carbonyl (C=O) groups is 2. The molecule has 2 heterocycles. The number of aryl methyl sites for hydroxylation is 2. The normalized spacial score (nSPS) is 22.9. The number of rotatable bonds is 3. The lowest BCUT2D eigenvalue weighted by Gasteiger charge is -2.36. The van der Waals surface area contributed by atoms with Crippen LogP contribution in [0.5, 0.6) is 0 Å². The van der Waals surface area contributed by atoms with Crippen LogP contribution in [0, 0.1) is 6.92 Å². The van der Waals surface area contributed by atoms with Gasteiger partial charge < -0.3 is 15.1 Å². The van der Waals surface area contributed by atoms with Crippen LogP contribution in [0.3, 0.4) is 0 Å². The van der Waals surface area contributed by atoms with E-state index in [0.29, 0.717) is 23.5 Å². The predicted octanol–water partition coefficient (Wildman–Crippen LogP) is 1.07. The lowest BCUT2D eigenvalue weighted by molar-refractivity contribution is -0.163. The first-order chi connectivity index (χ1) is 9.37. The zero-order valence-electron chi connectivity index (χ0n) is 11.5. The van der Waals surface area contributed by atoms with E-state index in [4.69, 9.17) is 5.11 Å². The van der Waals surface area contributed by atoms with Crippen LogP contribution in [-0.2, 0) is 11.2 Å². The summed E-state index contributed by atoms with van der Waals surface area (Å²) in [6, 6.07) is 0. The number of β-amino-alcohol motifs (C(OH)–C–C–N with tert-alkyl or cyclic N) is 1. The number of piperidine rings is 1. The second-order valence-corrected chi connectivity index (χ2v) is 6.13. The van der Waals surface area contributed by atoms with E-state index in [1.807, 2.05) is 6.92 Å². The molecule has 2 rings (SSSR count). The van der Waals surface area contributed by atoms with E-state index >= 15 is 0 Å². The number of thiazole rings is 1. The summed E-state index contributed by atoms with van der Waals surface area (Å²) >= 11 is 1.34. The first-order valence-electron chi connectivity index (χ1n) is 6.58. The van der Waals surface area contributed by atoms with Crippen molar-refractivity contribution in [1.82, 2.24) is 9.88 Å². The Labute approximate surface area is 121 Å². The molecule has 0 bridgehead atoms. The number of likely N-dealkylation sites (tertiary alicyclic amines) is 1. The molecule has 6 nitrogen and oxygen atoms in total. The SMILES string of the molecule is CCc1nc(C)c(C(=O)N2CCCC(O)(C(=O)O)C2)s1. The van der Waals surface area contributed by atoms with Crippen LogP contribution >= 0.6 is 11.3 Å². The summed E-state index contributed by atoms with van der Waals surface area (Å²) in [6.45, 7) is 4.04. The molecule has 110 valence electrons. The fourth-order valence-corrected chi connectivity index (χ4v) is 3.30. The van der Waals surface area contributed by atoms with Gasteiger partial charge in [0.2, 0.25) is 0 Å². The average Bonchev–Trinajstić information content (AvgIpc) is 2.79. The maximum atomic E-state index is 12.5. The molecule has 1 fully saturated rings. The Morgan fingerprint density at radius 3 is 2.75 bits per heavy atom. The van der Waals surface area contributed by atoms with Gasteiger partial charge in [0.15, 0.2) is 5.60 Å². The summed E-state index contributed by atoms with van der Waals surface area (Å²) in [7, 11) is 0. The number of nitrogens with zero attached hydrogens (tertiary/aromatic N) is 2. The Morgan fingerprint density at radius 2 is 2.20 bits per heavy atom. The Bertz CT molecular complexity index is 542. The van der Waals surface area contributed by atoms with Crippen molar-refractivity contribution in [2.45, 2.75) is 38.7 Å². The molecule has 2 N–H and O–H groups in total. The third-order valence-corrected chi connectivity index (χ3v) is 4.78. The number of aliphatic carboxylic acids is 1. The molecule has 0 aliphatic carbocycles. The van der Waals surface area contributed by atoms with E-state index in [0.717, 1.165) is 11.4 Å². The van der Waals surface area contributed by atoms with Crippen molar-refractivity contribution < 1.29 is 19.8 Å². The second kappa shape index (κ2) is 5.49. The van der Waals surface area contributed by atoms with Crippen LogP contribution < -0.4 is 0 Å². The molecule has 1 atom stereocenters. The minimum atomic E-state index is -1.83. The molecule has 0 radical (unpaired) electrons. The molecule has 1 aromatic rings. The molecular formula is C13H18N2O4S. The summed E-state index contributed by atoms with van der Waals surface area (Å²) < 4.78 is 0. The number of hydrogen-bond donors (Lipinski definition) is 2. The van der Waals surface area contributed by atoms with Crippen LogP contribution in [-0.4, -0.2) is 50.7 Å². The van der Waals surface area contributed by atoms with E-state index in [1.165, 1.54) is 16.2 Å². The van der Waals surface area contributed by atoms with Gasteiger partial charge in [-0.05, 0) is 26.2 Å². The minimum absolute atomic E-state index is 0.167. The highest BCUT2D eigenvalue weighted by Crippen LogP contribution is 2.26. The third kappa shape index (κ3) is 2.69. The van der Waals surface area contributed by atoms with Gasteiger partial charge >= 0.3 is 5.97 Å². The molecule has 1 aromatic heterocycles. The summed E-state index contributed by atoms with van der Waals surface area (Å²) in [6.07, 6.45) is 1.42. The Kier molecular flexibility index (Phi) is 4.10. The maximum Gasteiger partial charge on any atom is 0.337 e. The number of carboxylic acid groups (broad SMARTS) is 1. The summed E-state index contributed by atoms with van der Waals surface area (Å²) in [4.78, 5) is 29.8. The van der Waals surface area contributed by atoms with Gasteiger partial charge in [-0.25, -0.2) is 9.78 Å². The van der Waals surface area contributed by atoms with Crippen LogP contribution in [0.4, 0.5) is 0 Å². The van der Waals surface area contributed by atoms with Gasteiger partial charge in [-0.1, -0.05) is 6.92 Å². The number of carboxylic acids is 1. The van der Waals surface area contributed by atoms with Crippen molar-refractivity contribution in [3.05, 3.63) is 15.6 Å². The largest absolute Gasteiger partial charge is 0.479 e. The molecular weight excluding hydrogens is 280 g/mol.